The quantitative estimate of drug-likeness (QED) is 0.803. The maximum Gasteiger partial charge on any atom is 0.127 e. The normalized spacial score (nSPS) is 10.8. The molecule has 0 fully saturated rings. The maximum atomic E-state index is 13.2. The Kier molecular flexibility index (Phi) is 5.26. The van der Waals surface area contributed by atoms with Crippen LogP contribution < -0.4 is 10.1 Å². The maximum absolute atomic E-state index is 13.2. The second-order valence-corrected chi connectivity index (χ2v) is 3.89. The van der Waals surface area contributed by atoms with Crippen LogP contribution in [0.25, 0.3) is 0 Å². The van der Waals surface area contributed by atoms with Crippen LogP contribution in [0.2, 0.25) is 0 Å². The van der Waals surface area contributed by atoms with Crippen LogP contribution in [0.15, 0.2) is 18.2 Å². The van der Waals surface area contributed by atoms with Gasteiger partial charge in [0.05, 0.1) is 7.11 Å². The van der Waals surface area contributed by atoms with Gasteiger partial charge in [-0.05, 0) is 30.5 Å². The van der Waals surface area contributed by atoms with Crippen LogP contribution >= 0.6 is 0 Å². The summed E-state index contributed by atoms with van der Waals surface area (Å²) in [6.07, 6.45) is 2.17. The van der Waals surface area contributed by atoms with Gasteiger partial charge < -0.3 is 10.1 Å². The van der Waals surface area contributed by atoms with Gasteiger partial charge in [0, 0.05) is 18.7 Å². The van der Waals surface area contributed by atoms with Crippen molar-refractivity contribution in [2.45, 2.75) is 39.3 Å². The SMILES string of the molecule is CCC(CC)NCc1cc(F)cc(OC)c1. The summed E-state index contributed by atoms with van der Waals surface area (Å²) in [5, 5.41) is 3.39. The van der Waals surface area contributed by atoms with Crippen LogP contribution in [-0.2, 0) is 6.54 Å². The van der Waals surface area contributed by atoms with Crippen LogP contribution in [0, 0.1) is 5.82 Å². The molecule has 0 atom stereocenters. The molecule has 1 aromatic rings. The molecule has 0 radical (unpaired) electrons. The summed E-state index contributed by atoms with van der Waals surface area (Å²) in [6, 6.07) is 5.28. The van der Waals surface area contributed by atoms with E-state index in [4.69, 9.17) is 4.74 Å². The van der Waals surface area contributed by atoms with E-state index in [0.717, 1.165) is 18.4 Å². The van der Waals surface area contributed by atoms with Gasteiger partial charge in [0.15, 0.2) is 0 Å². The summed E-state index contributed by atoms with van der Waals surface area (Å²) in [7, 11) is 1.55. The molecule has 2 nitrogen and oxygen atoms in total. The Morgan fingerprint density at radius 3 is 2.50 bits per heavy atom. The molecule has 0 unspecified atom stereocenters. The molecule has 3 heteroatoms. The van der Waals surface area contributed by atoms with Crippen LogP contribution in [-0.4, -0.2) is 13.2 Å². The smallest absolute Gasteiger partial charge is 0.127 e. The molecule has 0 aliphatic rings. The van der Waals surface area contributed by atoms with Gasteiger partial charge >= 0.3 is 0 Å². The van der Waals surface area contributed by atoms with E-state index < -0.39 is 0 Å². The van der Waals surface area contributed by atoms with Crippen molar-refractivity contribution in [2.75, 3.05) is 7.11 Å². The Labute approximate surface area is 96.8 Å². The summed E-state index contributed by atoms with van der Waals surface area (Å²) < 4.78 is 18.2. The minimum absolute atomic E-state index is 0.249. The fraction of sp³-hybridized carbons (Fsp3) is 0.538. The minimum atomic E-state index is -0.249. The first-order valence-corrected chi connectivity index (χ1v) is 5.76. The topological polar surface area (TPSA) is 21.3 Å². The average Bonchev–Trinajstić information content (AvgIpc) is 2.29. The lowest BCUT2D eigenvalue weighted by Crippen LogP contribution is -2.27. The van der Waals surface area contributed by atoms with E-state index >= 15 is 0 Å². The zero-order valence-electron chi connectivity index (χ0n) is 10.2. The van der Waals surface area contributed by atoms with Crippen molar-refractivity contribution in [3.63, 3.8) is 0 Å². The number of hydrogen-bond donors (Lipinski definition) is 1. The van der Waals surface area contributed by atoms with Gasteiger partial charge in [0.2, 0.25) is 0 Å². The molecule has 1 aromatic carbocycles. The number of hydrogen-bond acceptors (Lipinski definition) is 2. The second-order valence-electron chi connectivity index (χ2n) is 3.89. The molecule has 0 spiro atoms. The fourth-order valence-corrected chi connectivity index (χ4v) is 1.68. The van der Waals surface area contributed by atoms with Crippen molar-refractivity contribution in [3.05, 3.63) is 29.6 Å². The minimum Gasteiger partial charge on any atom is -0.497 e. The molecular weight excluding hydrogens is 205 g/mol. The monoisotopic (exact) mass is 225 g/mol. The highest BCUT2D eigenvalue weighted by atomic mass is 19.1. The zero-order valence-corrected chi connectivity index (χ0v) is 10.2. The van der Waals surface area contributed by atoms with Crippen molar-refractivity contribution >= 4 is 0 Å². The Balaban J connectivity index is 2.62. The van der Waals surface area contributed by atoms with Crippen molar-refractivity contribution in [2.24, 2.45) is 0 Å². The van der Waals surface area contributed by atoms with Gasteiger partial charge in [-0.15, -0.1) is 0 Å². The second kappa shape index (κ2) is 6.48. The summed E-state index contributed by atoms with van der Waals surface area (Å²) in [5.74, 6) is 0.321. The third-order valence-corrected chi connectivity index (χ3v) is 2.75. The van der Waals surface area contributed by atoms with Crippen molar-refractivity contribution in [3.8, 4) is 5.75 Å². The fourth-order valence-electron chi connectivity index (χ4n) is 1.68. The highest BCUT2D eigenvalue weighted by molar-refractivity contribution is 5.29. The lowest BCUT2D eigenvalue weighted by Gasteiger charge is -2.15. The van der Waals surface area contributed by atoms with Crippen molar-refractivity contribution < 1.29 is 9.13 Å². The molecule has 0 saturated heterocycles. The van der Waals surface area contributed by atoms with Crippen LogP contribution in [0.5, 0.6) is 5.75 Å². The van der Waals surface area contributed by atoms with Crippen LogP contribution in [0.4, 0.5) is 4.39 Å². The summed E-state index contributed by atoms with van der Waals surface area (Å²) in [4.78, 5) is 0. The van der Waals surface area contributed by atoms with E-state index in [9.17, 15) is 4.39 Å². The van der Waals surface area contributed by atoms with E-state index in [1.807, 2.05) is 6.07 Å². The van der Waals surface area contributed by atoms with E-state index in [1.54, 1.807) is 7.11 Å². The van der Waals surface area contributed by atoms with Gasteiger partial charge in [-0.2, -0.15) is 0 Å². The predicted octanol–water partition coefficient (Wildman–Crippen LogP) is 3.11. The average molecular weight is 225 g/mol. The molecule has 16 heavy (non-hydrogen) atoms. The lowest BCUT2D eigenvalue weighted by molar-refractivity contribution is 0.409. The molecule has 0 heterocycles. The Morgan fingerprint density at radius 2 is 1.94 bits per heavy atom. The first-order chi connectivity index (χ1) is 7.69. The molecule has 0 aliphatic carbocycles. The van der Waals surface area contributed by atoms with Crippen LogP contribution in [0.1, 0.15) is 32.3 Å². The van der Waals surface area contributed by atoms with Crippen molar-refractivity contribution in [1.82, 2.24) is 5.32 Å². The molecule has 0 saturated carbocycles. The zero-order chi connectivity index (χ0) is 12.0. The van der Waals surface area contributed by atoms with E-state index in [2.05, 4.69) is 19.2 Å². The number of halogens is 1. The van der Waals surface area contributed by atoms with Crippen molar-refractivity contribution in [1.29, 1.82) is 0 Å². The molecular formula is C13H20FNO. The van der Waals surface area contributed by atoms with E-state index in [-0.39, 0.29) is 5.82 Å². The largest absolute Gasteiger partial charge is 0.497 e. The predicted molar refractivity (Wildman–Crippen MR) is 64.2 cm³/mol. The third kappa shape index (κ3) is 3.81. The number of rotatable bonds is 6. The molecule has 1 rings (SSSR count). The van der Waals surface area contributed by atoms with Gasteiger partial charge in [-0.1, -0.05) is 13.8 Å². The molecule has 1 N–H and O–H groups in total. The summed E-state index contributed by atoms with van der Waals surface area (Å²) in [5.41, 5.74) is 0.920. The van der Waals surface area contributed by atoms with Gasteiger partial charge in [0.1, 0.15) is 11.6 Å². The number of methoxy groups -OCH3 is 1. The first kappa shape index (κ1) is 13.0. The molecule has 0 aromatic heterocycles. The highest BCUT2D eigenvalue weighted by Crippen LogP contribution is 2.16. The summed E-state index contributed by atoms with van der Waals surface area (Å²) >= 11 is 0. The van der Waals surface area contributed by atoms with Crippen LogP contribution in [0.3, 0.4) is 0 Å². The number of nitrogens with one attached hydrogen (secondary N) is 1. The molecule has 0 aliphatic heterocycles. The molecule has 90 valence electrons. The summed E-state index contributed by atoms with van der Waals surface area (Å²) in [6.45, 7) is 4.97. The van der Waals surface area contributed by atoms with Gasteiger partial charge in [-0.25, -0.2) is 4.39 Å². The Bertz CT molecular complexity index is 324. The highest BCUT2D eigenvalue weighted by Gasteiger charge is 2.04. The Morgan fingerprint density at radius 1 is 1.25 bits per heavy atom. The lowest BCUT2D eigenvalue weighted by atomic mass is 10.1. The number of benzene rings is 1. The van der Waals surface area contributed by atoms with E-state index in [0.29, 0.717) is 18.3 Å². The van der Waals surface area contributed by atoms with Gasteiger partial charge in [0.25, 0.3) is 0 Å². The number of ether oxygens (including phenoxy) is 1. The first-order valence-electron chi connectivity index (χ1n) is 5.76. The Hall–Kier alpha value is -1.09. The molecule has 0 bridgehead atoms. The third-order valence-electron chi connectivity index (χ3n) is 2.75. The van der Waals surface area contributed by atoms with E-state index in [1.165, 1.54) is 12.1 Å². The van der Waals surface area contributed by atoms with Gasteiger partial charge in [-0.3, -0.25) is 0 Å². The molecule has 0 amide bonds. The standard InChI is InChI=1S/C13H20FNO/c1-4-12(5-2)15-9-10-6-11(14)8-13(7-10)16-3/h6-8,12,15H,4-5,9H2,1-3H3.